The van der Waals surface area contributed by atoms with Crippen LogP contribution in [0.2, 0.25) is 5.02 Å². The van der Waals surface area contributed by atoms with E-state index in [0.29, 0.717) is 12.1 Å². The number of nitrogens with two attached hydrogens (primary N) is 1. The van der Waals surface area contributed by atoms with Crippen molar-refractivity contribution in [3.63, 3.8) is 0 Å². The molecule has 0 aliphatic carbocycles. The minimum absolute atomic E-state index is 0.0247. The van der Waals surface area contributed by atoms with Gasteiger partial charge >= 0.3 is 0 Å². The number of benzene rings is 2. The van der Waals surface area contributed by atoms with Gasteiger partial charge in [-0.1, -0.05) is 11.6 Å². The van der Waals surface area contributed by atoms with Crippen LogP contribution in [0.3, 0.4) is 0 Å². The highest BCUT2D eigenvalue weighted by Crippen LogP contribution is 2.26. The summed E-state index contributed by atoms with van der Waals surface area (Å²) in [7, 11) is 0. The van der Waals surface area contributed by atoms with E-state index in [0.717, 1.165) is 6.07 Å². The van der Waals surface area contributed by atoms with Crippen molar-refractivity contribution in [2.75, 3.05) is 5.73 Å². The number of halogens is 4. The van der Waals surface area contributed by atoms with Crippen molar-refractivity contribution in [3.8, 4) is 0 Å². The van der Waals surface area contributed by atoms with Crippen LogP contribution in [-0.4, -0.2) is 5.78 Å². The molecule has 0 aliphatic heterocycles. The van der Waals surface area contributed by atoms with Gasteiger partial charge in [0.1, 0.15) is 5.82 Å². The van der Waals surface area contributed by atoms with Crippen molar-refractivity contribution in [2.45, 2.75) is 6.92 Å². The van der Waals surface area contributed by atoms with Crippen molar-refractivity contribution in [1.82, 2.24) is 0 Å². The minimum Gasteiger partial charge on any atom is -0.398 e. The number of hydrogen-bond donors (Lipinski definition) is 1. The van der Waals surface area contributed by atoms with Gasteiger partial charge in [-0.2, -0.15) is 0 Å². The van der Waals surface area contributed by atoms with E-state index in [-0.39, 0.29) is 27.4 Å². The lowest BCUT2D eigenvalue weighted by atomic mass is 9.99. The number of aryl methyl sites for hydroxylation is 1. The maximum Gasteiger partial charge on any atom is 0.196 e. The molecule has 0 saturated heterocycles. The van der Waals surface area contributed by atoms with Crippen molar-refractivity contribution >= 4 is 23.1 Å². The van der Waals surface area contributed by atoms with E-state index < -0.39 is 23.2 Å². The summed E-state index contributed by atoms with van der Waals surface area (Å²) in [5.41, 5.74) is 5.24. The van der Waals surface area contributed by atoms with Gasteiger partial charge in [0, 0.05) is 22.9 Å². The Balaban J connectivity index is 2.57. The zero-order chi connectivity index (χ0) is 15.0. The van der Waals surface area contributed by atoms with Gasteiger partial charge in [0.25, 0.3) is 0 Å². The average Bonchev–Trinajstić information content (AvgIpc) is 2.37. The van der Waals surface area contributed by atoms with Gasteiger partial charge in [-0.25, -0.2) is 13.2 Å². The van der Waals surface area contributed by atoms with Crippen LogP contribution >= 0.6 is 11.6 Å². The fraction of sp³-hybridized carbons (Fsp3) is 0.0714. The molecule has 0 bridgehead atoms. The summed E-state index contributed by atoms with van der Waals surface area (Å²) in [5, 5.41) is -0.123. The van der Waals surface area contributed by atoms with Gasteiger partial charge in [-0.3, -0.25) is 4.79 Å². The Morgan fingerprint density at radius 3 is 2.25 bits per heavy atom. The predicted octanol–water partition coefficient (Wildman–Crippen LogP) is 3.88. The van der Waals surface area contributed by atoms with Crippen LogP contribution < -0.4 is 5.73 Å². The van der Waals surface area contributed by atoms with Crippen LogP contribution in [-0.2, 0) is 0 Å². The highest BCUT2D eigenvalue weighted by molar-refractivity contribution is 6.35. The second-order valence-electron chi connectivity index (χ2n) is 4.26. The molecular weight excluding hydrogens is 291 g/mol. The highest BCUT2D eigenvalue weighted by Gasteiger charge is 2.19. The van der Waals surface area contributed by atoms with Gasteiger partial charge in [0.05, 0.1) is 5.02 Å². The number of ketones is 1. The summed E-state index contributed by atoms with van der Waals surface area (Å²) in [6.45, 7) is 1.46. The maximum absolute atomic E-state index is 13.3. The molecule has 0 amide bonds. The molecule has 0 saturated carbocycles. The third kappa shape index (κ3) is 2.49. The summed E-state index contributed by atoms with van der Waals surface area (Å²) >= 11 is 5.80. The van der Waals surface area contributed by atoms with Gasteiger partial charge in [0.2, 0.25) is 0 Å². The quantitative estimate of drug-likeness (QED) is 0.675. The molecule has 0 unspecified atom stereocenters. The standard InChI is InChI=1S/C14H9ClF3NO/c1-6-2-7(9(15)4-10(6)16)14(20)8-3-11(17)12(18)5-13(8)19/h2-5H,19H2,1H3. The third-order valence-electron chi connectivity index (χ3n) is 2.83. The first-order chi connectivity index (χ1) is 9.31. The second kappa shape index (κ2) is 5.17. The van der Waals surface area contributed by atoms with E-state index in [2.05, 4.69) is 0 Å². The molecular formula is C14H9ClF3NO. The summed E-state index contributed by atoms with van der Waals surface area (Å²) in [5.74, 6) is -3.61. The minimum atomic E-state index is -1.20. The first-order valence-electron chi connectivity index (χ1n) is 5.56. The van der Waals surface area contributed by atoms with Gasteiger partial charge in [-0.15, -0.1) is 0 Å². The van der Waals surface area contributed by atoms with Gasteiger partial charge in [-0.05, 0) is 30.7 Å². The largest absolute Gasteiger partial charge is 0.398 e. The molecule has 0 atom stereocenters. The topological polar surface area (TPSA) is 43.1 Å². The lowest BCUT2D eigenvalue weighted by Crippen LogP contribution is -2.08. The summed E-state index contributed by atoms with van der Waals surface area (Å²) < 4.78 is 39.5. The number of hydrogen-bond acceptors (Lipinski definition) is 2. The molecule has 2 aromatic rings. The van der Waals surface area contributed by atoms with E-state index in [1.807, 2.05) is 0 Å². The van der Waals surface area contributed by atoms with E-state index in [4.69, 9.17) is 17.3 Å². The summed E-state index contributed by atoms with van der Waals surface area (Å²) in [6, 6.07) is 3.63. The van der Waals surface area contributed by atoms with Gasteiger partial charge in [0.15, 0.2) is 17.4 Å². The van der Waals surface area contributed by atoms with Crippen LogP contribution in [0.4, 0.5) is 18.9 Å². The molecule has 104 valence electrons. The molecule has 20 heavy (non-hydrogen) atoms. The van der Waals surface area contributed by atoms with Crippen molar-refractivity contribution in [3.05, 3.63) is 63.4 Å². The first-order valence-corrected chi connectivity index (χ1v) is 5.94. The molecule has 0 heterocycles. The number of nitrogen functional groups attached to an aromatic ring is 1. The first kappa shape index (κ1) is 14.4. The fourth-order valence-corrected chi connectivity index (χ4v) is 1.97. The zero-order valence-corrected chi connectivity index (χ0v) is 11.1. The fourth-order valence-electron chi connectivity index (χ4n) is 1.74. The summed E-state index contributed by atoms with van der Waals surface area (Å²) in [4.78, 5) is 12.2. The van der Waals surface area contributed by atoms with E-state index in [9.17, 15) is 18.0 Å². The van der Waals surface area contributed by atoms with Crippen LogP contribution in [0.15, 0.2) is 24.3 Å². The smallest absolute Gasteiger partial charge is 0.196 e. The zero-order valence-electron chi connectivity index (χ0n) is 10.3. The van der Waals surface area contributed by atoms with Crippen LogP contribution in [0.25, 0.3) is 0 Å². The number of carbonyl (C=O) groups excluding carboxylic acids is 1. The van der Waals surface area contributed by atoms with E-state index in [1.54, 1.807) is 0 Å². The predicted molar refractivity (Wildman–Crippen MR) is 70.3 cm³/mol. The van der Waals surface area contributed by atoms with Crippen LogP contribution in [0, 0.1) is 24.4 Å². The summed E-state index contributed by atoms with van der Waals surface area (Å²) in [6.07, 6.45) is 0. The molecule has 2 N–H and O–H groups in total. The maximum atomic E-state index is 13.3. The number of anilines is 1. The van der Waals surface area contributed by atoms with Crippen LogP contribution in [0.1, 0.15) is 21.5 Å². The molecule has 0 aliphatic rings. The SMILES string of the molecule is Cc1cc(C(=O)c2cc(F)c(F)cc2N)c(Cl)cc1F. The molecule has 0 radical (unpaired) electrons. The second-order valence-corrected chi connectivity index (χ2v) is 4.67. The molecule has 2 rings (SSSR count). The lowest BCUT2D eigenvalue weighted by Gasteiger charge is -2.09. The van der Waals surface area contributed by atoms with Gasteiger partial charge < -0.3 is 5.73 Å². The normalized spacial score (nSPS) is 10.7. The number of rotatable bonds is 2. The molecule has 0 fully saturated rings. The highest BCUT2D eigenvalue weighted by atomic mass is 35.5. The van der Waals surface area contributed by atoms with E-state index in [1.165, 1.54) is 13.0 Å². The molecule has 2 nitrogen and oxygen atoms in total. The molecule has 0 aromatic heterocycles. The Hall–Kier alpha value is -2.01. The van der Waals surface area contributed by atoms with Crippen molar-refractivity contribution in [1.29, 1.82) is 0 Å². The Labute approximate surface area is 118 Å². The molecule has 2 aromatic carbocycles. The van der Waals surface area contributed by atoms with E-state index >= 15 is 0 Å². The Morgan fingerprint density at radius 1 is 1.00 bits per heavy atom. The Bertz CT molecular complexity index is 657. The Kier molecular flexibility index (Phi) is 3.72. The molecule has 0 spiro atoms. The third-order valence-corrected chi connectivity index (χ3v) is 3.14. The van der Waals surface area contributed by atoms with Crippen LogP contribution in [0.5, 0.6) is 0 Å². The lowest BCUT2D eigenvalue weighted by molar-refractivity contribution is 0.103. The number of carbonyl (C=O) groups is 1. The molecule has 6 heteroatoms. The average molecular weight is 300 g/mol. The Morgan fingerprint density at radius 2 is 1.60 bits per heavy atom. The van der Waals surface area contributed by atoms with Crippen molar-refractivity contribution < 1.29 is 18.0 Å². The monoisotopic (exact) mass is 299 g/mol. The van der Waals surface area contributed by atoms with Crippen molar-refractivity contribution in [2.24, 2.45) is 0 Å².